The number of hydrogen-bond donors (Lipinski definition) is 2. The Morgan fingerprint density at radius 2 is 2.14 bits per heavy atom. The summed E-state index contributed by atoms with van der Waals surface area (Å²) < 4.78 is 0. The molecule has 4 nitrogen and oxygen atoms in total. The van der Waals surface area contributed by atoms with E-state index in [1.54, 1.807) is 0 Å². The topological polar surface area (TPSA) is 48.1 Å². The number of likely N-dealkylation sites (tertiary alicyclic amines) is 1. The van der Waals surface area contributed by atoms with Gasteiger partial charge in [0.1, 0.15) is 0 Å². The molecule has 3 heterocycles. The van der Waals surface area contributed by atoms with Gasteiger partial charge >= 0.3 is 0 Å². The summed E-state index contributed by atoms with van der Waals surface area (Å²) in [6.45, 7) is 7.04. The highest BCUT2D eigenvalue weighted by Crippen LogP contribution is 2.27. The maximum atomic E-state index is 12.8. The molecule has 0 saturated carbocycles. The molecule has 1 aromatic carbocycles. The second-order valence-corrected chi connectivity index (χ2v) is 6.81. The molecule has 1 amide bonds. The Kier molecular flexibility index (Phi) is 3.22. The van der Waals surface area contributed by atoms with Crippen LogP contribution in [0, 0.1) is 19.8 Å². The van der Waals surface area contributed by atoms with Gasteiger partial charge in [-0.25, -0.2) is 0 Å². The number of aromatic amines is 1. The van der Waals surface area contributed by atoms with E-state index in [2.05, 4.69) is 24.1 Å². The molecule has 1 aromatic heterocycles. The third-order valence-electron chi connectivity index (χ3n) is 5.44. The molecule has 0 unspecified atom stereocenters. The SMILES string of the molecule is Cc1[nH]c2ccc(C(=O)N3C[C@@H]4CCCN[C@@H]4C3)cc2c1C. The van der Waals surface area contributed by atoms with Crippen molar-refractivity contribution in [2.75, 3.05) is 19.6 Å². The number of nitrogens with zero attached hydrogens (tertiary/aromatic N) is 1. The van der Waals surface area contributed by atoms with Crippen LogP contribution in [-0.2, 0) is 0 Å². The van der Waals surface area contributed by atoms with E-state index in [1.165, 1.54) is 24.1 Å². The van der Waals surface area contributed by atoms with E-state index in [9.17, 15) is 4.79 Å². The van der Waals surface area contributed by atoms with Crippen LogP contribution in [0.25, 0.3) is 10.9 Å². The van der Waals surface area contributed by atoms with E-state index >= 15 is 0 Å². The molecule has 0 bridgehead atoms. The zero-order valence-electron chi connectivity index (χ0n) is 13.3. The van der Waals surface area contributed by atoms with Gasteiger partial charge in [0.05, 0.1) is 0 Å². The van der Waals surface area contributed by atoms with Gasteiger partial charge < -0.3 is 15.2 Å². The van der Waals surface area contributed by atoms with Crippen LogP contribution in [0.5, 0.6) is 0 Å². The average molecular weight is 297 g/mol. The monoisotopic (exact) mass is 297 g/mol. The summed E-state index contributed by atoms with van der Waals surface area (Å²) in [6, 6.07) is 6.53. The fourth-order valence-electron chi connectivity index (χ4n) is 3.99. The number of benzene rings is 1. The number of rotatable bonds is 1. The predicted molar refractivity (Wildman–Crippen MR) is 88.2 cm³/mol. The lowest BCUT2D eigenvalue weighted by molar-refractivity contribution is 0.0786. The van der Waals surface area contributed by atoms with Crippen molar-refractivity contribution in [1.29, 1.82) is 0 Å². The number of nitrogens with one attached hydrogen (secondary N) is 2. The number of H-pyrrole nitrogens is 1. The van der Waals surface area contributed by atoms with Gasteiger partial charge in [-0.05, 0) is 62.9 Å². The second kappa shape index (κ2) is 5.13. The number of aryl methyl sites for hydroxylation is 2. The lowest BCUT2D eigenvalue weighted by Crippen LogP contribution is -2.41. The molecule has 0 aliphatic carbocycles. The fourth-order valence-corrected chi connectivity index (χ4v) is 3.99. The summed E-state index contributed by atoms with van der Waals surface area (Å²) in [4.78, 5) is 18.2. The standard InChI is InChI=1S/C18H23N3O/c1-11-12(2)20-16-6-5-13(8-15(11)16)18(22)21-9-14-4-3-7-19-17(14)10-21/h5-6,8,14,17,19-20H,3-4,7,9-10H2,1-2H3/t14-,17+/m0/s1. The van der Waals surface area contributed by atoms with E-state index in [4.69, 9.17) is 0 Å². The minimum atomic E-state index is 0.177. The average Bonchev–Trinajstić information content (AvgIpc) is 3.08. The Morgan fingerprint density at radius 1 is 1.27 bits per heavy atom. The van der Waals surface area contributed by atoms with Crippen LogP contribution in [-0.4, -0.2) is 41.5 Å². The quantitative estimate of drug-likeness (QED) is 0.850. The summed E-state index contributed by atoms with van der Waals surface area (Å²) >= 11 is 0. The Hall–Kier alpha value is -1.81. The zero-order chi connectivity index (χ0) is 15.3. The van der Waals surface area contributed by atoms with Crippen LogP contribution in [0.4, 0.5) is 0 Å². The summed E-state index contributed by atoms with van der Waals surface area (Å²) in [6.07, 6.45) is 2.48. The van der Waals surface area contributed by atoms with Crippen LogP contribution in [0.15, 0.2) is 18.2 Å². The van der Waals surface area contributed by atoms with Crippen molar-refractivity contribution in [1.82, 2.24) is 15.2 Å². The third kappa shape index (κ3) is 2.13. The van der Waals surface area contributed by atoms with E-state index < -0.39 is 0 Å². The maximum absolute atomic E-state index is 12.8. The van der Waals surface area contributed by atoms with Gasteiger partial charge in [0.25, 0.3) is 5.91 Å². The maximum Gasteiger partial charge on any atom is 0.253 e. The molecule has 22 heavy (non-hydrogen) atoms. The fraction of sp³-hybridized carbons (Fsp3) is 0.500. The summed E-state index contributed by atoms with van der Waals surface area (Å²) in [5, 5.41) is 4.73. The first-order chi connectivity index (χ1) is 10.6. The Bertz CT molecular complexity index is 719. The van der Waals surface area contributed by atoms with Crippen molar-refractivity contribution in [3.05, 3.63) is 35.0 Å². The van der Waals surface area contributed by atoms with Gasteiger partial charge in [-0.2, -0.15) is 0 Å². The molecule has 4 rings (SSSR count). The van der Waals surface area contributed by atoms with Gasteiger partial charge in [-0.15, -0.1) is 0 Å². The highest BCUT2D eigenvalue weighted by Gasteiger charge is 2.36. The normalized spacial score (nSPS) is 24.7. The summed E-state index contributed by atoms with van der Waals surface area (Å²) in [7, 11) is 0. The minimum absolute atomic E-state index is 0.177. The molecule has 2 aliphatic heterocycles. The second-order valence-electron chi connectivity index (χ2n) is 6.81. The number of aromatic nitrogens is 1. The van der Waals surface area contributed by atoms with Crippen molar-refractivity contribution >= 4 is 16.8 Å². The molecule has 2 fully saturated rings. The number of piperidine rings is 1. The van der Waals surface area contributed by atoms with Crippen LogP contribution >= 0.6 is 0 Å². The Morgan fingerprint density at radius 3 is 2.95 bits per heavy atom. The van der Waals surface area contributed by atoms with Gasteiger partial charge in [0.15, 0.2) is 0 Å². The lowest BCUT2D eigenvalue weighted by Gasteiger charge is -2.24. The lowest BCUT2D eigenvalue weighted by atomic mass is 9.94. The largest absolute Gasteiger partial charge is 0.358 e. The third-order valence-corrected chi connectivity index (χ3v) is 5.44. The number of amides is 1. The molecule has 0 spiro atoms. The first-order valence-corrected chi connectivity index (χ1v) is 8.25. The molecule has 2 saturated heterocycles. The predicted octanol–water partition coefficient (Wildman–Crippen LogP) is 2.61. The van der Waals surface area contributed by atoms with E-state index in [0.29, 0.717) is 12.0 Å². The summed E-state index contributed by atoms with van der Waals surface area (Å²) in [5.41, 5.74) is 4.34. The zero-order valence-corrected chi connectivity index (χ0v) is 13.3. The van der Waals surface area contributed by atoms with Crippen molar-refractivity contribution in [2.24, 2.45) is 5.92 Å². The Balaban J connectivity index is 1.61. The summed E-state index contributed by atoms with van der Waals surface area (Å²) in [5.74, 6) is 0.814. The van der Waals surface area contributed by atoms with Crippen molar-refractivity contribution in [2.45, 2.75) is 32.7 Å². The van der Waals surface area contributed by atoms with Gasteiger partial charge in [0.2, 0.25) is 0 Å². The van der Waals surface area contributed by atoms with Crippen molar-refractivity contribution in [3.8, 4) is 0 Å². The molecular weight excluding hydrogens is 274 g/mol. The van der Waals surface area contributed by atoms with Crippen LogP contribution in [0.1, 0.15) is 34.5 Å². The first kappa shape index (κ1) is 13.8. The smallest absolute Gasteiger partial charge is 0.253 e. The first-order valence-electron chi connectivity index (χ1n) is 8.25. The number of fused-ring (bicyclic) bond motifs is 2. The van der Waals surface area contributed by atoms with Crippen molar-refractivity contribution < 1.29 is 4.79 Å². The van der Waals surface area contributed by atoms with Crippen LogP contribution < -0.4 is 5.32 Å². The number of carbonyl (C=O) groups excluding carboxylic acids is 1. The van der Waals surface area contributed by atoms with Gasteiger partial charge in [0, 0.05) is 41.3 Å². The van der Waals surface area contributed by atoms with Gasteiger partial charge in [-0.3, -0.25) is 4.79 Å². The van der Waals surface area contributed by atoms with Crippen LogP contribution in [0.3, 0.4) is 0 Å². The number of carbonyl (C=O) groups is 1. The highest BCUT2D eigenvalue weighted by molar-refractivity contribution is 5.99. The van der Waals surface area contributed by atoms with Crippen molar-refractivity contribution in [3.63, 3.8) is 0 Å². The van der Waals surface area contributed by atoms with E-state index in [0.717, 1.165) is 36.1 Å². The van der Waals surface area contributed by atoms with Gasteiger partial charge in [-0.1, -0.05) is 0 Å². The molecule has 2 N–H and O–H groups in total. The molecular formula is C18H23N3O. The molecule has 2 atom stereocenters. The molecule has 4 heteroatoms. The molecule has 0 radical (unpaired) electrons. The molecule has 2 aliphatic rings. The minimum Gasteiger partial charge on any atom is -0.358 e. The van der Waals surface area contributed by atoms with E-state index in [-0.39, 0.29) is 5.91 Å². The van der Waals surface area contributed by atoms with E-state index in [1.807, 2.05) is 23.1 Å². The molecule has 2 aromatic rings. The number of hydrogen-bond acceptors (Lipinski definition) is 2. The van der Waals surface area contributed by atoms with Crippen LogP contribution in [0.2, 0.25) is 0 Å². The molecule has 116 valence electrons. The highest BCUT2D eigenvalue weighted by atomic mass is 16.2. The Labute approximate surface area is 130 Å².